The molecule has 32 heavy (non-hydrogen) atoms. The first kappa shape index (κ1) is 22.1. The molecule has 170 valence electrons. The van der Waals surface area contributed by atoms with Gasteiger partial charge in [-0.05, 0) is 36.5 Å². The molecule has 2 aliphatic rings. The van der Waals surface area contributed by atoms with Crippen LogP contribution in [-0.4, -0.2) is 47.5 Å². The molecule has 2 aromatic rings. The summed E-state index contributed by atoms with van der Waals surface area (Å²) >= 11 is 0. The predicted octanol–water partition coefficient (Wildman–Crippen LogP) is 2.35. The zero-order chi connectivity index (χ0) is 22.3. The number of pyridine rings is 1. The van der Waals surface area contributed by atoms with E-state index in [1.165, 1.54) is 12.8 Å². The second-order valence-electron chi connectivity index (χ2n) is 8.80. The van der Waals surface area contributed by atoms with Gasteiger partial charge in [0.25, 0.3) is 5.56 Å². The van der Waals surface area contributed by atoms with Gasteiger partial charge in [0.2, 0.25) is 5.91 Å². The molecular weight excluding hydrogens is 402 g/mol. The minimum atomic E-state index is 0.00328. The van der Waals surface area contributed by atoms with Gasteiger partial charge in [-0.1, -0.05) is 43.2 Å². The maximum absolute atomic E-state index is 12.7. The Kier molecular flexibility index (Phi) is 7.24. The van der Waals surface area contributed by atoms with Gasteiger partial charge < -0.3 is 20.1 Å². The highest BCUT2D eigenvalue weighted by atomic mass is 16.2. The molecule has 1 atom stereocenters. The van der Waals surface area contributed by atoms with Crippen molar-refractivity contribution in [3.05, 3.63) is 70.1 Å². The number of aromatic nitrogens is 1. The number of aliphatic imine (C=N–C) groups is 1. The Morgan fingerprint density at radius 1 is 1.06 bits per heavy atom. The normalized spacial score (nSPS) is 19.3. The molecule has 1 aliphatic heterocycles. The number of carbonyl (C=O) groups excluding carboxylic acids is 1. The summed E-state index contributed by atoms with van der Waals surface area (Å²) in [5.74, 6) is 1.34. The van der Waals surface area contributed by atoms with Crippen LogP contribution in [-0.2, 0) is 17.9 Å². The lowest BCUT2D eigenvalue weighted by Gasteiger charge is -2.21. The Labute approximate surface area is 189 Å². The molecule has 1 saturated heterocycles. The lowest BCUT2D eigenvalue weighted by atomic mass is 10.1. The molecule has 7 heteroatoms. The summed E-state index contributed by atoms with van der Waals surface area (Å²) in [7, 11) is 1.77. The summed E-state index contributed by atoms with van der Waals surface area (Å²) < 4.78 is 1.70. The highest BCUT2D eigenvalue weighted by Crippen LogP contribution is 2.27. The van der Waals surface area contributed by atoms with Gasteiger partial charge in [0, 0.05) is 50.9 Å². The third-order valence-electron chi connectivity index (χ3n) is 6.50. The van der Waals surface area contributed by atoms with Crippen molar-refractivity contribution >= 4 is 11.9 Å². The maximum atomic E-state index is 12.7. The topological polar surface area (TPSA) is 78.7 Å². The SMILES string of the molecule is CN=C(NCc1ccc(Cn2ccccc2=O)cc1)NC1CCN(C(=O)C2CCCC2)C1. The third-order valence-corrected chi connectivity index (χ3v) is 6.50. The van der Waals surface area contributed by atoms with Crippen LogP contribution in [0.25, 0.3) is 0 Å². The summed E-state index contributed by atoms with van der Waals surface area (Å²) in [4.78, 5) is 30.9. The molecule has 0 bridgehead atoms. The van der Waals surface area contributed by atoms with E-state index in [0.29, 0.717) is 19.0 Å². The molecule has 1 unspecified atom stereocenters. The van der Waals surface area contributed by atoms with Crippen LogP contribution in [0, 0.1) is 5.92 Å². The number of guanidine groups is 1. The smallest absolute Gasteiger partial charge is 0.250 e. The molecule has 4 rings (SSSR count). The number of benzene rings is 1. The van der Waals surface area contributed by atoms with E-state index in [1.807, 2.05) is 11.0 Å². The number of nitrogens with one attached hydrogen (secondary N) is 2. The Morgan fingerprint density at radius 3 is 2.53 bits per heavy atom. The summed E-state index contributed by atoms with van der Waals surface area (Å²) in [5.41, 5.74) is 2.23. The van der Waals surface area contributed by atoms with E-state index < -0.39 is 0 Å². The van der Waals surface area contributed by atoms with E-state index >= 15 is 0 Å². The van der Waals surface area contributed by atoms with Crippen molar-refractivity contribution in [3.8, 4) is 0 Å². The number of rotatable bonds is 6. The lowest BCUT2D eigenvalue weighted by Crippen LogP contribution is -2.45. The van der Waals surface area contributed by atoms with Crippen LogP contribution in [0.3, 0.4) is 0 Å². The van der Waals surface area contributed by atoms with Crippen molar-refractivity contribution in [2.24, 2.45) is 10.9 Å². The Hall–Kier alpha value is -3.09. The van der Waals surface area contributed by atoms with Crippen molar-refractivity contribution in [2.75, 3.05) is 20.1 Å². The van der Waals surface area contributed by atoms with Gasteiger partial charge in [-0.2, -0.15) is 0 Å². The quantitative estimate of drug-likeness (QED) is 0.539. The third kappa shape index (κ3) is 5.58. The standard InChI is InChI=1S/C25H33N5O2/c1-26-25(28-22-13-15-30(18-22)24(32)21-6-2-3-7-21)27-16-19-9-11-20(12-10-19)17-29-14-5-4-8-23(29)31/h4-5,8-12,14,21-22H,2-3,6-7,13,15-18H2,1H3,(H2,26,27,28). The number of likely N-dealkylation sites (tertiary alicyclic amines) is 1. The molecule has 1 aliphatic carbocycles. The fraction of sp³-hybridized carbons (Fsp3) is 0.480. The fourth-order valence-corrected chi connectivity index (χ4v) is 4.63. The van der Waals surface area contributed by atoms with Gasteiger partial charge in [0.15, 0.2) is 5.96 Å². The molecule has 2 N–H and O–H groups in total. The van der Waals surface area contributed by atoms with E-state index in [4.69, 9.17) is 0 Å². The molecule has 1 aromatic heterocycles. The second-order valence-corrected chi connectivity index (χ2v) is 8.80. The lowest BCUT2D eigenvalue weighted by molar-refractivity contribution is -0.134. The summed E-state index contributed by atoms with van der Waals surface area (Å²) in [6, 6.07) is 13.7. The van der Waals surface area contributed by atoms with E-state index in [-0.39, 0.29) is 17.5 Å². The van der Waals surface area contributed by atoms with Crippen LogP contribution in [0.2, 0.25) is 0 Å². The zero-order valence-electron chi connectivity index (χ0n) is 18.8. The van der Waals surface area contributed by atoms with Crippen LogP contribution < -0.4 is 16.2 Å². The van der Waals surface area contributed by atoms with E-state index in [0.717, 1.165) is 49.4 Å². The summed E-state index contributed by atoms with van der Waals surface area (Å²) in [6.07, 6.45) is 7.24. The maximum Gasteiger partial charge on any atom is 0.250 e. The van der Waals surface area contributed by atoms with Crippen LogP contribution in [0.4, 0.5) is 0 Å². The van der Waals surface area contributed by atoms with Crippen LogP contribution in [0.15, 0.2) is 58.4 Å². The molecule has 1 amide bonds. The molecule has 2 heterocycles. The Morgan fingerprint density at radius 2 is 1.81 bits per heavy atom. The average molecular weight is 436 g/mol. The first-order valence-electron chi connectivity index (χ1n) is 11.6. The molecule has 1 aromatic carbocycles. The van der Waals surface area contributed by atoms with Gasteiger partial charge in [-0.25, -0.2) is 0 Å². The fourth-order valence-electron chi connectivity index (χ4n) is 4.63. The molecule has 1 saturated carbocycles. The first-order valence-corrected chi connectivity index (χ1v) is 11.6. The van der Waals surface area contributed by atoms with Crippen LogP contribution in [0.5, 0.6) is 0 Å². The van der Waals surface area contributed by atoms with E-state index in [9.17, 15) is 9.59 Å². The average Bonchev–Trinajstić information content (AvgIpc) is 3.51. The zero-order valence-corrected chi connectivity index (χ0v) is 18.8. The molecular formula is C25H33N5O2. The number of amides is 1. The van der Waals surface area contributed by atoms with Crippen LogP contribution >= 0.6 is 0 Å². The Balaban J connectivity index is 1.24. The minimum absolute atomic E-state index is 0.00328. The summed E-state index contributed by atoms with van der Waals surface area (Å²) in [6.45, 7) is 2.80. The van der Waals surface area contributed by atoms with Crippen molar-refractivity contribution in [3.63, 3.8) is 0 Å². The summed E-state index contributed by atoms with van der Waals surface area (Å²) in [5, 5.41) is 6.84. The van der Waals surface area contributed by atoms with Crippen molar-refractivity contribution in [1.82, 2.24) is 20.1 Å². The van der Waals surface area contributed by atoms with Crippen LogP contribution in [0.1, 0.15) is 43.2 Å². The number of hydrogen-bond acceptors (Lipinski definition) is 3. The van der Waals surface area contributed by atoms with Gasteiger partial charge >= 0.3 is 0 Å². The first-order chi connectivity index (χ1) is 15.6. The second kappa shape index (κ2) is 10.5. The van der Waals surface area contributed by atoms with Gasteiger partial charge in [-0.3, -0.25) is 14.6 Å². The van der Waals surface area contributed by atoms with E-state index in [2.05, 4.69) is 39.9 Å². The number of hydrogen-bond donors (Lipinski definition) is 2. The largest absolute Gasteiger partial charge is 0.352 e. The highest BCUT2D eigenvalue weighted by Gasteiger charge is 2.32. The molecule has 0 radical (unpaired) electrons. The number of nitrogens with zero attached hydrogens (tertiary/aromatic N) is 3. The monoisotopic (exact) mass is 435 g/mol. The van der Waals surface area contributed by atoms with Gasteiger partial charge in [0.05, 0.1) is 6.54 Å². The molecule has 0 spiro atoms. The van der Waals surface area contributed by atoms with E-state index in [1.54, 1.807) is 29.9 Å². The predicted molar refractivity (Wildman–Crippen MR) is 127 cm³/mol. The van der Waals surface area contributed by atoms with Crippen molar-refractivity contribution in [1.29, 1.82) is 0 Å². The number of carbonyl (C=O) groups is 1. The van der Waals surface area contributed by atoms with Gasteiger partial charge in [-0.15, -0.1) is 0 Å². The van der Waals surface area contributed by atoms with Crippen molar-refractivity contribution < 1.29 is 4.79 Å². The molecule has 2 fully saturated rings. The van der Waals surface area contributed by atoms with Crippen molar-refractivity contribution in [2.45, 2.75) is 51.2 Å². The highest BCUT2D eigenvalue weighted by molar-refractivity contribution is 5.81. The minimum Gasteiger partial charge on any atom is -0.352 e. The Bertz CT molecular complexity index is 992. The molecule has 7 nitrogen and oxygen atoms in total. The van der Waals surface area contributed by atoms with Gasteiger partial charge in [0.1, 0.15) is 0 Å².